The van der Waals surface area contributed by atoms with Gasteiger partial charge in [0.15, 0.2) is 6.10 Å². The van der Waals surface area contributed by atoms with E-state index in [1.54, 1.807) is 0 Å². The van der Waals surface area contributed by atoms with Gasteiger partial charge in [-0.25, -0.2) is 4.79 Å². The molecule has 0 bridgehead atoms. The third-order valence-corrected chi connectivity index (χ3v) is 3.22. The summed E-state index contributed by atoms with van der Waals surface area (Å²) in [5, 5.41) is 6.46. The van der Waals surface area contributed by atoms with Crippen LogP contribution in [0.1, 0.15) is 18.9 Å². The van der Waals surface area contributed by atoms with Crippen molar-refractivity contribution in [3.8, 4) is 5.75 Å². The molecule has 2 N–H and O–H groups in total. The van der Waals surface area contributed by atoms with Crippen molar-refractivity contribution in [2.24, 2.45) is 0 Å². The number of nitrogens with one attached hydrogen (secondary N) is 2. The maximum Gasteiger partial charge on any atom is 0.407 e. The first-order chi connectivity index (χ1) is 9.69. The van der Waals surface area contributed by atoms with E-state index in [1.807, 2.05) is 18.2 Å². The van der Waals surface area contributed by atoms with Gasteiger partial charge in [0.1, 0.15) is 12.4 Å². The molecule has 1 unspecified atom stereocenters. The van der Waals surface area contributed by atoms with Crippen molar-refractivity contribution >= 4 is 17.7 Å². The second-order valence-electron chi connectivity index (χ2n) is 4.66. The summed E-state index contributed by atoms with van der Waals surface area (Å²) in [7, 11) is 0. The molecule has 1 amide bonds. The van der Waals surface area contributed by atoms with Gasteiger partial charge >= 0.3 is 6.09 Å². The van der Waals surface area contributed by atoms with Crippen molar-refractivity contribution in [3.05, 3.63) is 28.8 Å². The molecule has 1 atom stereocenters. The van der Waals surface area contributed by atoms with Gasteiger partial charge in [0.25, 0.3) is 0 Å². The molecule has 1 saturated heterocycles. The molecule has 0 saturated carbocycles. The Bertz CT molecular complexity index is 468. The van der Waals surface area contributed by atoms with Crippen LogP contribution in [-0.2, 0) is 11.3 Å². The summed E-state index contributed by atoms with van der Waals surface area (Å²) in [6.07, 6.45) is 0.440. The Hall–Kier alpha value is -1.46. The van der Waals surface area contributed by atoms with Gasteiger partial charge in [-0.1, -0.05) is 24.6 Å². The number of rotatable bonds is 7. The summed E-state index contributed by atoms with van der Waals surface area (Å²) in [6, 6.07) is 5.71. The maximum absolute atomic E-state index is 10.9. The quantitative estimate of drug-likeness (QED) is 0.759. The summed E-state index contributed by atoms with van der Waals surface area (Å²) in [4.78, 5) is 10.9. The third-order valence-electron chi connectivity index (χ3n) is 2.92. The Morgan fingerprint density at radius 2 is 2.40 bits per heavy atom. The maximum atomic E-state index is 10.9. The monoisotopic (exact) mass is 298 g/mol. The lowest BCUT2D eigenvalue weighted by atomic mass is 10.2. The van der Waals surface area contributed by atoms with Crippen LogP contribution in [0.2, 0.25) is 5.02 Å². The van der Waals surface area contributed by atoms with Crippen LogP contribution in [0.5, 0.6) is 5.75 Å². The highest BCUT2D eigenvalue weighted by molar-refractivity contribution is 6.32. The van der Waals surface area contributed by atoms with Crippen molar-refractivity contribution in [3.63, 3.8) is 0 Å². The van der Waals surface area contributed by atoms with E-state index in [4.69, 9.17) is 21.1 Å². The SMILES string of the molecule is CCCNCc1ccc(OCC2CNC(=O)O2)c(Cl)c1. The Labute approximate surface area is 123 Å². The van der Waals surface area contributed by atoms with E-state index in [0.717, 1.165) is 25.1 Å². The van der Waals surface area contributed by atoms with Crippen LogP contribution in [0.4, 0.5) is 4.79 Å². The van der Waals surface area contributed by atoms with Crippen LogP contribution in [0.3, 0.4) is 0 Å². The number of carbonyl (C=O) groups is 1. The summed E-state index contributed by atoms with van der Waals surface area (Å²) in [5.41, 5.74) is 1.12. The molecule has 0 aliphatic carbocycles. The molecule has 6 heteroatoms. The van der Waals surface area contributed by atoms with E-state index >= 15 is 0 Å². The zero-order valence-electron chi connectivity index (χ0n) is 11.4. The second-order valence-corrected chi connectivity index (χ2v) is 5.07. The highest BCUT2D eigenvalue weighted by Gasteiger charge is 2.23. The van der Waals surface area contributed by atoms with Crippen LogP contribution in [0, 0.1) is 0 Å². The molecule has 0 aromatic heterocycles. The topological polar surface area (TPSA) is 59.6 Å². The number of hydrogen-bond donors (Lipinski definition) is 2. The fourth-order valence-electron chi connectivity index (χ4n) is 1.89. The van der Waals surface area contributed by atoms with Gasteiger partial charge in [-0.05, 0) is 30.7 Å². The highest BCUT2D eigenvalue weighted by Crippen LogP contribution is 2.25. The average Bonchev–Trinajstić information content (AvgIpc) is 2.84. The number of carbonyl (C=O) groups excluding carboxylic acids is 1. The van der Waals surface area contributed by atoms with Gasteiger partial charge in [-0.15, -0.1) is 0 Å². The van der Waals surface area contributed by atoms with Gasteiger partial charge in [-0.3, -0.25) is 0 Å². The van der Waals surface area contributed by atoms with Gasteiger partial charge in [0, 0.05) is 6.54 Å². The zero-order chi connectivity index (χ0) is 14.4. The van der Waals surface area contributed by atoms with Crippen molar-refractivity contribution < 1.29 is 14.3 Å². The molecule has 0 spiro atoms. The first-order valence-corrected chi connectivity index (χ1v) is 7.13. The molecule has 1 aromatic carbocycles. The Morgan fingerprint density at radius 3 is 3.05 bits per heavy atom. The largest absolute Gasteiger partial charge is 0.488 e. The van der Waals surface area contributed by atoms with Gasteiger partial charge in [-0.2, -0.15) is 0 Å². The molecule has 1 aliphatic heterocycles. The summed E-state index contributed by atoms with van der Waals surface area (Å²) < 4.78 is 10.6. The lowest BCUT2D eigenvalue weighted by molar-refractivity contribution is 0.105. The van der Waals surface area contributed by atoms with Crippen LogP contribution < -0.4 is 15.4 Å². The molecule has 1 fully saturated rings. The van der Waals surface area contributed by atoms with E-state index in [9.17, 15) is 4.79 Å². The van der Waals surface area contributed by atoms with Crippen molar-refractivity contribution in [2.75, 3.05) is 19.7 Å². The lowest BCUT2D eigenvalue weighted by Crippen LogP contribution is -2.22. The van der Waals surface area contributed by atoms with Crippen molar-refractivity contribution in [1.29, 1.82) is 0 Å². The molecular formula is C14H19ClN2O3. The normalized spacial score (nSPS) is 17.7. The number of cyclic esters (lactones) is 1. The van der Waals surface area contributed by atoms with E-state index in [-0.39, 0.29) is 6.10 Å². The molecular weight excluding hydrogens is 280 g/mol. The minimum Gasteiger partial charge on any atom is -0.488 e. The summed E-state index contributed by atoms with van der Waals surface area (Å²) in [5.74, 6) is 0.605. The van der Waals surface area contributed by atoms with Crippen molar-refractivity contribution in [2.45, 2.75) is 26.0 Å². The fourth-order valence-corrected chi connectivity index (χ4v) is 2.15. The molecule has 2 rings (SSSR count). The minimum absolute atomic E-state index is 0.260. The number of ether oxygens (including phenoxy) is 2. The van der Waals surface area contributed by atoms with E-state index in [0.29, 0.717) is 23.9 Å². The first kappa shape index (κ1) is 14.9. The zero-order valence-corrected chi connectivity index (χ0v) is 12.2. The predicted molar refractivity (Wildman–Crippen MR) is 77.2 cm³/mol. The number of alkyl carbamates (subject to hydrolysis) is 1. The Balaban J connectivity index is 1.84. The van der Waals surface area contributed by atoms with E-state index in [2.05, 4.69) is 17.6 Å². The average molecular weight is 299 g/mol. The Kier molecular flexibility index (Phi) is 5.49. The van der Waals surface area contributed by atoms with Crippen molar-refractivity contribution in [1.82, 2.24) is 10.6 Å². The molecule has 1 aromatic rings. The van der Waals surface area contributed by atoms with Crippen LogP contribution >= 0.6 is 11.6 Å². The third kappa shape index (κ3) is 4.28. The first-order valence-electron chi connectivity index (χ1n) is 6.75. The molecule has 1 heterocycles. The molecule has 5 nitrogen and oxygen atoms in total. The van der Waals surface area contributed by atoms with Gasteiger partial charge in [0.2, 0.25) is 0 Å². The van der Waals surface area contributed by atoms with Gasteiger partial charge in [0.05, 0.1) is 11.6 Å². The molecule has 110 valence electrons. The lowest BCUT2D eigenvalue weighted by Gasteiger charge is -2.12. The number of halogens is 1. The van der Waals surface area contributed by atoms with Crippen LogP contribution in [0.25, 0.3) is 0 Å². The summed E-state index contributed by atoms with van der Waals surface area (Å²) in [6.45, 7) is 4.66. The fraction of sp³-hybridized carbons (Fsp3) is 0.500. The highest BCUT2D eigenvalue weighted by atomic mass is 35.5. The van der Waals surface area contributed by atoms with E-state index < -0.39 is 6.09 Å². The predicted octanol–water partition coefficient (Wildman–Crippen LogP) is 2.33. The minimum atomic E-state index is -0.401. The van der Waals surface area contributed by atoms with Gasteiger partial charge < -0.3 is 20.1 Å². The second kappa shape index (κ2) is 7.36. The number of hydrogen-bond acceptors (Lipinski definition) is 4. The standard InChI is InChI=1S/C14H19ClN2O3/c1-2-5-16-7-10-3-4-13(12(15)6-10)19-9-11-8-17-14(18)20-11/h3-4,6,11,16H,2,5,7-9H2,1H3,(H,17,18). The van der Waals surface area contributed by atoms with E-state index in [1.165, 1.54) is 0 Å². The van der Waals surface area contributed by atoms with Crippen LogP contribution in [0.15, 0.2) is 18.2 Å². The number of amides is 1. The molecule has 0 radical (unpaired) electrons. The smallest absolute Gasteiger partial charge is 0.407 e. The molecule has 20 heavy (non-hydrogen) atoms. The number of benzene rings is 1. The Morgan fingerprint density at radius 1 is 1.55 bits per heavy atom. The summed E-state index contributed by atoms with van der Waals surface area (Å²) >= 11 is 6.18. The molecule has 1 aliphatic rings. The van der Waals surface area contributed by atoms with Crippen LogP contribution in [-0.4, -0.2) is 31.9 Å².